The predicted molar refractivity (Wildman–Crippen MR) is 80.8 cm³/mol. The largest absolute Gasteiger partial charge is 0.382 e. The summed E-state index contributed by atoms with van der Waals surface area (Å²) in [6.45, 7) is 11.2. The molecule has 0 atom stereocenters. The van der Waals surface area contributed by atoms with Gasteiger partial charge in [0.25, 0.3) is 0 Å². The molecule has 2 rings (SSSR count). The van der Waals surface area contributed by atoms with Gasteiger partial charge in [-0.2, -0.15) is 0 Å². The lowest BCUT2D eigenvalue weighted by Crippen LogP contribution is -2.40. The second-order valence-electron chi connectivity index (χ2n) is 7.08. The van der Waals surface area contributed by atoms with Gasteiger partial charge in [-0.25, -0.2) is 0 Å². The van der Waals surface area contributed by atoms with E-state index in [1.165, 1.54) is 5.56 Å². The van der Waals surface area contributed by atoms with Crippen LogP contribution < -0.4 is 10.2 Å². The monoisotopic (exact) mass is 260 g/mol. The van der Waals surface area contributed by atoms with E-state index in [0.29, 0.717) is 6.54 Å². The van der Waals surface area contributed by atoms with E-state index in [9.17, 15) is 4.79 Å². The van der Waals surface area contributed by atoms with Crippen molar-refractivity contribution in [3.63, 3.8) is 0 Å². The van der Waals surface area contributed by atoms with E-state index in [4.69, 9.17) is 0 Å². The maximum Gasteiger partial charge on any atom is 0.234 e. The minimum atomic E-state index is -0.379. The van der Waals surface area contributed by atoms with E-state index in [0.717, 1.165) is 11.4 Å². The SMILES string of the molecule is CN1C(=O)C(C)(C)CNc2ccc(C(C)(C)C)cc21. The van der Waals surface area contributed by atoms with Crippen LogP contribution in [-0.2, 0) is 10.2 Å². The number of hydrogen-bond acceptors (Lipinski definition) is 2. The fraction of sp³-hybridized carbons (Fsp3) is 0.562. The first-order valence-corrected chi connectivity index (χ1v) is 6.79. The van der Waals surface area contributed by atoms with Crippen LogP contribution in [0.3, 0.4) is 0 Å². The van der Waals surface area contributed by atoms with Gasteiger partial charge in [0.05, 0.1) is 16.8 Å². The summed E-state index contributed by atoms with van der Waals surface area (Å²) in [6.07, 6.45) is 0. The summed E-state index contributed by atoms with van der Waals surface area (Å²) in [5.74, 6) is 0.157. The van der Waals surface area contributed by atoms with Gasteiger partial charge >= 0.3 is 0 Å². The van der Waals surface area contributed by atoms with E-state index in [-0.39, 0.29) is 16.7 Å². The molecule has 1 aromatic rings. The molecule has 1 amide bonds. The van der Waals surface area contributed by atoms with Crippen LogP contribution in [0.2, 0.25) is 0 Å². The number of hydrogen-bond donors (Lipinski definition) is 1. The van der Waals surface area contributed by atoms with Crippen LogP contribution in [0.4, 0.5) is 11.4 Å². The second-order valence-corrected chi connectivity index (χ2v) is 7.08. The molecule has 3 heteroatoms. The fourth-order valence-corrected chi connectivity index (χ4v) is 2.38. The Labute approximate surface area is 116 Å². The van der Waals surface area contributed by atoms with Crippen LogP contribution >= 0.6 is 0 Å². The molecule has 0 fully saturated rings. The van der Waals surface area contributed by atoms with Gasteiger partial charge in [-0.15, -0.1) is 0 Å². The Morgan fingerprint density at radius 3 is 2.47 bits per heavy atom. The first-order chi connectivity index (χ1) is 8.63. The topological polar surface area (TPSA) is 32.3 Å². The van der Waals surface area contributed by atoms with Crippen LogP contribution in [0.1, 0.15) is 40.2 Å². The van der Waals surface area contributed by atoms with E-state index < -0.39 is 0 Å². The third-order valence-electron chi connectivity index (χ3n) is 3.83. The van der Waals surface area contributed by atoms with Crippen molar-refractivity contribution in [2.45, 2.75) is 40.0 Å². The van der Waals surface area contributed by atoms with Gasteiger partial charge in [0.1, 0.15) is 0 Å². The number of carbonyl (C=O) groups excluding carboxylic acids is 1. The molecule has 1 N–H and O–H groups in total. The zero-order chi connectivity index (χ0) is 14.4. The summed E-state index contributed by atoms with van der Waals surface area (Å²) in [6, 6.07) is 6.35. The van der Waals surface area contributed by atoms with Gasteiger partial charge in [0.15, 0.2) is 0 Å². The maximum atomic E-state index is 12.5. The van der Waals surface area contributed by atoms with Gasteiger partial charge in [-0.1, -0.05) is 26.8 Å². The van der Waals surface area contributed by atoms with E-state index >= 15 is 0 Å². The van der Waals surface area contributed by atoms with Gasteiger partial charge in [0, 0.05) is 13.6 Å². The summed E-state index contributed by atoms with van der Waals surface area (Å²) < 4.78 is 0. The molecular formula is C16H24N2O. The molecule has 0 aliphatic carbocycles. The van der Waals surface area contributed by atoms with Crippen molar-refractivity contribution in [3.05, 3.63) is 23.8 Å². The molecule has 1 heterocycles. The first kappa shape index (κ1) is 13.9. The molecule has 0 aromatic heterocycles. The van der Waals surface area contributed by atoms with Crippen molar-refractivity contribution in [2.75, 3.05) is 23.8 Å². The van der Waals surface area contributed by atoms with Crippen molar-refractivity contribution in [3.8, 4) is 0 Å². The minimum absolute atomic E-state index is 0.0841. The van der Waals surface area contributed by atoms with Crippen LogP contribution in [0.15, 0.2) is 18.2 Å². The highest BCUT2D eigenvalue weighted by Gasteiger charge is 2.35. The standard InChI is InChI=1S/C16H24N2O/c1-15(2,3)11-7-8-12-13(9-11)18(6)14(19)16(4,5)10-17-12/h7-9,17H,10H2,1-6H3. The Balaban J connectivity index is 2.52. The van der Waals surface area contributed by atoms with Crippen LogP contribution in [0, 0.1) is 5.41 Å². The lowest BCUT2D eigenvalue weighted by molar-refractivity contribution is -0.125. The molecule has 1 aliphatic rings. The molecule has 19 heavy (non-hydrogen) atoms. The lowest BCUT2D eigenvalue weighted by atomic mass is 9.86. The summed E-state index contributed by atoms with van der Waals surface area (Å²) >= 11 is 0. The number of nitrogens with one attached hydrogen (secondary N) is 1. The summed E-state index contributed by atoms with van der Waals surface area (Å²) in [7, 11) is 1.86. The predicted octanol–water partition coefficient (Wildman–Crippen LogP) is 3.40. The average Bonchev–Trinajstić information content (AvgIpc) is 2.40. The molecule has 0 bridgehead atoms. The molecule has 1 aromatic carbocycles. The van der Waals surface area contributed by atoms with Gasteiger partial charge < -0.3 is 10.2 Å². The third-order valence-corrected chi connectivity index (χ3v) is 3.83. The number of amides is 1. The number of carbonyl (C=O) groups is 1. The summed E-state index contributed by atoms with van der Waals surface area (Å²) in [5.41, 5.74) is 2.96. The molecule has 0 spiro atoms. The molecule has 0 saturated heterocycles. The highest BCUT2D eigenvalue weighted by atomic mass is 16.2. The lowest BCUT2D eigenvalue weighted by Gasteiger charge is -2.26. The van der Waals surface area contributed by atoms with Crippen molar-refractivity contribution >= 4 is 17.3 Å². The van der Waals surface area contributed by atoms with Crippen molar-refractivity contribution in [2.24, 2.45) is 5.41 Å². The highest BCUT2D eigenvalue weighted by molar-refractivity contribution is 6.01. The fourth-order valence-electron chi connectivity index (χ4n) is 2.38. The van der Waals surface area contributed by atoms with E-state index in [1.807, 2.05) is 20.9 Å². The number of fused-ring (bicyclic) bond motifs is 1. The Kier molecular flexibility index (Phi) is 3.12. The third kappa shape index (κ3) is 2.46. The number of rotatable bonds is 0. The Bertz CT molecular complexity index is 512. The normalized spacial score (nSPS) is 18.6. The van der Waals surface area contributed by atoms with Crippen molar-refractivity contribution in [1.29, 1.82) is 0 Å². The summed E-state index contributed by atoms with van der Waals surface area (Å²) in [4.78, 5) is 14.3. The van der Waals surface area contributed by atoms with Crippen LogP contribution in [-0.4, -0.2) is 19.5 Å². The second kappa shape index (κ2) is 4.26. The van der Waals surface area contributed by atoms with Crippen molar-refractivity contribution < 1.29 is 4.79 Å². The van der Waals surface area contributed by atoms with E-state index in [1.54, 1.807) is 4.90 Å². The zero-order valence-corrected chi connectivity index (χ0v) is 12.8. The molecule has 104 valence electrons. The molecule has 0 unspecified atom stereocenters. The Hall–Kier alpha value is -1.51. The first-order valence-electron chi connectivity index (χ1n) is 6.79. The van der Waals surface area contributed by atoms with Gasteiger partial charge in [0.2, 0.25) is 5.91 Å². The highest BCUT2D eigenvalue weighted by Crippen LogP contribution is 2.36. The average molecular weight is 260 g/mol. The molecule has 0 radical (unpaired) electrons. The smallest absolute Gasteiger partial charge is 0.234 e. The molecule has 3 nitrogen and oxygen atoms in total. The van der Waals surface area contributed by atoms with Crippen LogP contribution in [0.25, 0.3) is 0 Å². The number of benzene rings is 1. The quantitative estimate of drug-likeness (QED) is 0.775. The van der Waals surface area contributed by atoms with Crippen LogP contribution in [0.5, 0.6) is 0 Å². The summed E-state index contributed by atoms with van der Waals surface area (Å²) in [5, 5.41) is 3.39. The molecule has 0 saturated carbocycles. The Morgan fingerprint density at radius 1 is 1.26 bits per heavy atom. The van der Waals surface area contributed by atoms with Crippen molar-refractivity contribution in [1.82, 2.24) is 0 Å². The molecule has 1 aliphatic heterocycles. The number of nitrogens with zero attached hydrogens (tertiary/aromatic N) is 1. The van der Waals surface area contributed by atoms with Gasteiger partial charge in [-0.3, -0.25) is 4.79 Å². The van der Waals surface area contributed by atoms with Gasteiger partial charge in [-0.05, 0) is 37.0 Å². The van der Waals surface area contributed by atoms with E-state index in [2.05, 4.69) is 44.3 Å². The minimum Gasteiger partial charge on any atom is -0.382 e. The molecular weight excluding hydrogens is 236 g/mol. The Morgan fingerprint density at radius 2 is 1.89 bits per heavy atom. The number of anilines is 2. The maximum absolute atomic E-state index is 12.5. The zero-order valence-electron chi connectivity index (χ0n) is 12.8.